The van der Waals surface area contributed by atoms with Crippen LogP contribution in [0.2, 0.25) is 0 Å². The Bertz CT molecular complexity index is 503. The molecule has 5 heteroatoms. The Morgan fingerprint density at radius 3 is 3.05 bits per heavy atom. The minimum atomic E-state index is -0.233. The van der Waals surface area contributed by atoms with Crippen molar-refractivity contribution in [1.29, 1.82) is 0 Å². The second kappa shape index (κ2) is 4.74. The third-order valence-electron chi connectivity index (χ3n) is 4.23. The van der Waals surface area contributed by atoms with Crippen molar-refractivity contribution in [3.8, 4) is 5.75 Å². The maximum absolute atomic E-state index is 12.2. The first-order valence-corrected chi connectivity index (χ1v) is 6.79. The summed E-state index contributed by atoms with van der Waals surface area (Å²) in [6.45, 7) is 2.19. The number of carbonyl (C=O) groups is 1. The molecule has 2 atom stereocenters. The molecular formula is C14H19N3O2. The van der Waals surface area contributed by atoms with Crippen LogP contribution >= 0.6 is 0 Å². The molecule has 2 aliphatic heterocycles. The van der Waals surface area contributed by atoms with Crippen molar-refractivity contribution in [2.24, 2.45) is 0 Å². The number of phenolic OH excluding ortho intramolecular Hbond substituents is 1. The number of benzene rings is 1. The van der Waals surface area contributed by atoms with Crippen LogP contribution < -0.4 is 11.1 Å². The molecule has 5 nitrogen and oxygen atoms in total. The normalized spacial score (nSPS) is 26.3. The van der Waals surface area contributed by atoms with Gasteiger partial charge in [-0.05, 0) is 37.9 Å². The van der Waals surface area contributed by atoms with Crippen LogP contribution in [-0.4, -0.2) is 41.1 Å². The second-order valence-electron chi connectivity index (χ2n) is 5.36. The molecule has 2 fully saturated rings. The van der Waals surface area contributed by atoms with Crippen LogP contribution in [0.25, 0.3) is 0 Å². The van der Waals surface area contributed by atoms with Gasteiger partial charge in [-0.2, -0.15) is 0 Å². The minimum Gasteiger partial charge on any atom is -0.505 e. The molecule has 3 rings (SSSR count). The maximum atomic E-state index is 12.2. The molecule has 0 aromatic heterocycles. The van der Waals surface area contributed by atoms with E-state index in [1.165, 1.54) is 6.42 Å². The number of anilines is 1. The number of amides is 1. The van der Waals surface area contributed by atoms with Crippen LogP contribution in [0, 0.1) is 0 Å². The van der Waals surface area contributed by atoms with E-state index in [1.54, 1.807) is 18.2 Å². The molecule has 1 aromatic carbocycles. The first kappa shape index (κ1) is 12.3. The van der Waals surface area contributed by atoms with E-state index in [1.807, 2.05) is 0 Å². The SMILES string of the molecule is Nc1cccc(C(=O)NC2CCN3CCCC23)c1O. The number of hydrogen-bond acceptors (Lipinski definition) is 4. The first-order chi connectivity index (χ1) is 9.16. The van der Waals surface area contributed by atoms with Gasteiger partial charge >= 0.3 is 0 Å². The van der Waals surface area contributed by atoms with Crippen molar-refractivity contribution in [2.45, 2.75) is 31.3 Å². The molecule has 1 aromatic rings. The molecule has 0 saturated carbocycles. The van der Waals surface area contributed by atoms with Crippen molar-refractivity contribution < 1.29 is 9.90 Å². The van der Waals surface area contributed by atoms with Gasteiger partial charge in [-0.3, -0.25) is 9.69 Å². The van der Waals surface area contributed by atoms with E-state index in [2.05, 4.69) is 10.2 Å². The van der Waals surface area contributed by atoms with Gasteiger partial charge in [-0.15, -0.1) is 0 Å². The molecule has 0 aliphatic carbocycles. The van der Waals surface area contributed by atoms with Gasteiger partial charge in [0.2, 0.25) is 0 Å². The van der Waals surface area contributed by atoms with Crippen LogP contribution in [0.4, 0.5) is 5.69 Å². The summed E-state index contributed by atoms with van der Waals surface area (Å²) in [5.41, 5.74) is 6.11. The smallest absolute Gasteiger partial charge is 0.255 e. The van der Waals surface area contributed by atoms with Gasteiger partial charge in [0.05, 0.1) is 11.3 Å². The van der Waals surface area contributed by atoms with E-state index in [4.69, 9.17) is 5.73 Å². The number of fused-ring (bicyclic) bond motifs is 1. The highest BCUT2D eigenvalue weighted by molar-refractivity contribution is 5.98. The summed E-state index contributed by atoms with van der Waals surface area (Å²) in [6, 6.07) is 5.52. The van der Waals surface area contributed by atoms with E-state index in [9.17, 15) is 9.90 Å². The number of para-hydroxylation sites is 1. The number of nitrogens with zero attached hydrogens (tertiary/aromatic N) is 1. The summed E-state index contributed by atoms with van der Waals surface area (Å²) < 4.78 is 0. The summed E-state index contributed by atoms with van der Waals surface area (Å²) in [5, 5.41) is 12.9. The Labute approximate surface area is 112 Å². The van der Waals surface area contributed by atoms with Crippen molar-refractivity contribution in [1.82, 2.24) is 10.2 Å². The summed E-state index contributed by atoms with van der Waals surface area (Å²) in [5.74, 6) is -0.357. The third-order valence-corrected chi connectivity index (χ3v) is 4.23. The summed E-state index contributed by atoms with van der Waals surface area (Å²) in [6.07, 6.45) is 3.34. The average Bonchev–Trinajstić information content (AvgIpc) is 2.97. The molecule has 1 amide bonds. The maximum Gasteiger partial charge on any atom is 0.255 e. The molecule has 0 radical (unpaired) electrons. The molecule has 2 saturated heterocycles. The summed E-state index contributed by atoms with van der Waals surface area (Å²) >= 11 is 0. The van der Waals surface area contributed by atoms with Crippen molar-refractivity contribution >= 4 is 11.6 Å². The quantitative estimate of drug-likeness (QED) is 0.547. The molecule has 19 heavy (non-hydrogen) atoms. The monoisotopic (exact) mass is 261 g/mol. The Balaban J connectivity index is 1.73. The highest BCUT2D eigenvalue weighted by Crippen LogP contribution is 2.29. The van der Waals surface area contributed by atoms with E-state index in [0.717, 1.165) is 25.9 Å². The topological polar surface area (TPSA) is 78.6 Å². The number of nitrogens with two attached hydrogens (primary N) is 1. The highest BCUT2D eigenvalue weighted by Gasteiger charge is 2.38. The fourth-order valence-electron chi connectivity index (χ4n) is 3.24. The molecule has 2 heterocycles. The first-order valence-electron chi connectivity index (χ1n) is 6.79. The van der Waals surface area contributed by atoms with Gasteiger partial charge in [-0.1, -0.05) is 6.07 Å². The fourth-order valence-corrected chi connectivity index (χ4v) is 3.24. The van der Waals surface area contributed by atoms with Crippen LogP contribution in [0.1, 0.15) is 29.6 Å². The van der Waals surface area contributed by atoms with Crippen molar-refractivity contribution in [2.75, 3.05) is 18.8 Å². The van der Waals surface area contributed by atoms with Crippen LogP contribution in [0.3, 0.4) is 0 Å². The third kappa shape index (κ3) is 2.14. The zero-order chi connectivity index (χ0) is 13.4. The van der Waals surface area contributed by atoms with E-state index in [-0.39, 0.29) is 28.9 Å². The van der Waals surface area contributed by atoms with Gasteiger partial charge in [0.25, 0.3) is 5.91 Å². The Hall–Kier alpha value is -1.75. The Morgan fingerprint density at radius 1 is 1.37 bits per heavy atom. The van der Waals surface area contributed by atoms with E-state index < -0.39 is 0 Å². The van der Waals surface area contributed by atoms with Crippen LogP contribution in [0.15, 0.2) is 18.2 Å². The summed E-state index contributed by atoms with van der Waals surface area (Å²) in [4.78, 5) is 14.7. The predicted octanol–water partition coefficient (Wildman–Crippen LogP) is 0.941. The van der Waals surface area contributed by atoms with E-state index >= 15 is 0 Å². The molecule has 2 unspecified atom stereocenters. The number of aromatic hydroxyl groups is 1. The van der Waals surface area contributed by atoms with Gasteiger partial charge in [0.1, 0.15) is 0 Å². The van der Waals surface area contributed by atoms with Gasteiger partial charge in [0, 0.05) is 18.6 Å². The predicted molar refractivity (Wildman–Crippen MR) is 73.0 cm³/mol. The van der Waals surface area contributed by atoms with E-state index in [0.29, 0.717) is 6.04 Å². The standard InChI is InChI=1S/C14H19N3O2/c15-10-4-1-3-9(13(10)18)14(19)16-11-6-8-17-7-2-5-12(11)17/h1,3-4,11-12,18H,2,5-8,15H2,(H,16,19). The lowest BCUT2D eigenvalue weighted by molar-refractivity contribution is 0.0927. The molecule has 4 N–H and O–H groups in total. The zero-order valence-corrected chi connectivity index (χ0v) is 10.8. The number of nitrogen functional groups attached to an aromatic ring is 1. The highest BCUT2D eigenvalue weighted by atomic mass is 16.3. The van der Waals surface area contributed by atoms with Crippen LogP contribution in [-0.2, 0) is 0 Å². The number of hydrogen-bond donors (Lipinski definition) is 3. The number of carbonyl (C=O) groups excluding carboxylic acids is 1. The number of nitrogens with one attached hydrogen (secondary N) is 1. The lowest BCUT2D eigenvalue weighted by Gasteiger charge is -2.21. The zero-order valence-electron chi connectivity index (χ0n) is 10.8. The Kier molecular flexibility index (Phi) is 3.06. The van der Waals surface area contributed by atoms with Crippen LogP contribution in [0.5, 0.6) is 5.75 Å². The molecule has 0 bridgehead atoms. The molecular weight excluding hydrogens is 242 g/mol. The van der Waals surface area contributed by atoms with Crippen molar-refractivity contribution in [3.05, 3.63) is 23.8 Å². The average molecular weight is 261 g/mol. The second-order valence-corrected chi connectivity index (χ2v) is 5.36. The number of phenols is 1. The van der Waals surface area contributed by atoms with Gasteiger partial charge in [-0.25, -0.2) is 0 Å². The van der Waals surface area contributed by atoms with Crippen molar-refractivity contribution in [3.63, 3.8) is 0 Å². The Morgan fingerprint density at radius 2 is 2.21 bits per heavy atom. The molecule has 0 spiro atoms. The number of rotatable bonds is 2. The largest absolute Gasteiger partial charge is 0.505 e. The lowest BCUT2D eigenvalue weighted by atomic mass is 10.1. The molecule has 2 aliphatic rings. The van der Waals surface area contributed by atoms with Gasteiger partial charge in [0.15, 0.2) is 5.75 Å². The summed E-state index contributed by atoms with van der Waals surface area (Å²) in [7, 11) is 0. The van der Waals surface area contributed by atoms with Gasteiger partial charge < -0.3 is 16.2 Å². The molecule has 102 valence electrons. The minimum absolute atomic E-state index is 0.124. The lowest BCUT2D eigenvalue weighted by Crippen LogP contribution is -2.42. The fraction of sp³-hybridized carbons (Fsp3) is 0.500.